The van der Waals surface area contributed by atoms with Crippen LogP contribution in [-0.2, 0) is 4.79 Å². The van der Waals surface area contributed by atoms with Crippen molar-refractivity contribution in [1.82, 2.24) is 5.32 Å². The Morgan fingerprint density at radius 2 is 1.75 bits per heavy atom. The molecule has 0 aliphatic heterocycles. The first kappa shape index (κ1) is 11.9. The fourth-order valence-electron chi connectivity index (χ4n) is 2.77. The van der Waals surface area contributed by atoms with Crippen LogP contribution in [0.25, 0.3) is 0 Å². The van der Waals surface area contributed by atoms with Gasteiger partial charge < -0.3 is 15.5 Å². The van der Waals surface area contributed by atoms with Crippen LogP contribution in [0.4, 0.5) is 0 Å². The van der Waals surface area contributed by atoms with Crippen molar-refractivity contribution >= 4 is 5.91 Å². The molecule has 0 spiro atoms. The topological polar surface area (TPSA) is 69.6 Å². The minimum absolute atomic E-state index is 0.161. The molecule has 1 amide bonds. The molecule has 2 atom stereocenters. The van der Waals surface area contributed by atoms with Gasteiger partial charge in [-0.1, -0.05) is 12.8 Å². The molecular weight excluding hydrogens is 206 g/mol. The minimum atomic E-state index is -1.17. The molecule has 2 rings (SSSR count). The zero-order valence-corrected chi connectivity index (χ0v) is 9.61. The van der Waals surface area contributed by atoms with E-state index in [0.29, 0.717) is 12.8 Å². The van der Waals surface area contributed by atoms with Gasteiger partial charge in [-0.3, -0.25) is 4.79 Å². The molecule has 0 aromatic heterocycles. The van der Waals surface area contributed by atoms with Gasteiger partial charge in [0.05, 0.1) is 12.1 Å². The zero-order valence-electron chi connectivity index (χ0n) is 9.61. The third-order valence-electron chi connectivity index (χ3n) is 3.90. The molecule has 0 saturated heterocycles. The van der Waals surface area contributed by atoms with Gasteiger partial charge in [0.2, 0.25) is 0 Å². The Hall–Kier alpha value is -0.610. The summed E-state index contributed by atoms with van der Waals surface area (Å²) in [5.41, 5.74) is -1.17. The SMILES string of the molecule is O=C(N[C@@H]1CCCC[C@@H]1O)C1(O)CCCC1. The van der Waals surface area contributed by atoms with Gasteiger partial charge in [-0.25, -0.2) is 0 Å². The first-order valence-corrected chi connectivity index (χ1v) is 6.33. The Morgan fingerprint density at radius 1 is 1.12 bits per heavy atom. The number of amides is 1. The van der Waals surface area contributed by atoms with Crippen LogP contribution >= 0.6 is 0 Å². The lowest BCUT2D eigenvalue weighted by Gasteiger charge is -2.31. The van der Waals surface area contributed by atoms with Crippen molar-refractivity contribution in [2.45, 2.75) is 69.1 Å². The number of nitrogens with one attached hydrogen (secondary N) is 1. The molecule has 92 valence electrons. The van der Waals surface area contributed by atoms with Crippen molar-refractivity contribution in [2.24, 2.45) is 0 Å². The predicted molar refractivity (Wildman–Crippen MR) is 59.8 cm³/mol. The van der Waals surface area contributed by atoms with Crippen molar-refractivity contribution in [3.8, 4) is 0 Å². The molecule has 0 radical (unpaired) electrons. The van der Waals surface area contributed by atoms with Gasteiger partial charge in [0.15, 0.2) is 0 Å². The molecule has 4 heteroatoms. The van der Waals surface area contributed by atoms with E-state index in [1.165, 1.54) is 0 Å². The van der Waals surface area contributed by atoms with Crippen molar-refractivity contribution in [1.29, 1.82) is 0 Å². The number of rotatable bonds is 2. The molecule has 0 heterocycles. The Bertz CT molecular complexity index is 261. The first-order valence-electron chi connectivity index (χ1n) is 6.33. The van der Waals surface area contributed by atoms with Gasteiger partial charge in [0.1, 0.15) is 5.60 Å². The summed E-state index contributed by atoms with van der Waals surface area (Å²) in [6.07, 6.45) is 6.14. The third-order valence-corrected chi connectivity index (χ3v) is 3.90. The number of aliphatic hydroxyl groups is 2. The second-order valence-electron chi connectivity index (χ2n) is 5.17. The lowest BCUT2D eigenvalue weighted by Crippen LogP contribution is -2.53. The van der Waals surface area contributed by atoms with E-state index in [2.05, 4.69) is 5.32 Å². The van der Waals surface area contributed by atoms with Crippen LogP contribution in [0.3, 0.4) is 0 Å². The number of carbonyl (C=O) groups is 1. The van der Waals surface area contributed by atoms with E-state index in [4.69, 9.17) is 0 Å². The molecule has 4 nitrogen and oxygen atoms in total. The lowest BCUT2D eigenvalue weighted by atomic mass is 9.91. The van der Waals surface area contributed by atoms with Gasteiger partial charge in [-0.15, -0.1) is 0 Å². The predicted octanol–water partition coefficient (Wildman–Crippen LogP) is 0.711. The quantitative estimate of drug-likeness (QED) is 0.650. The highest BCUT2D eigenvalue weighted by atomic mass is 16.3. The highest BCUT2D eigenvalue weighted by molar-refractivity contribution is 5.85. The largest absolute Gasteiger partial charge is 0.391 e. The van der Waals surface area contributed by atoms with Gasteiger partial charge >= 0.3 is 0 Å². The monoisotopic (exact) mass is 227 g/mol. The summed E-state index contributed by atoms with van der Waals surface area (Å²) in [4.78, 5) is 11.9. The summed E-state index contributed by atoms with van der Waals surface area (Å²) in [7, 11) is 0. The summed E-state index contributed by atoms with van der Waals surface area (Å²) in [5.74, 6) is -0.282. The third kappa shape index (κ3) is 2.38. The van der Waals surface area contributed by atoms with Crippen LogP contribution < -0.4 is 5.32 Å². The van der Waals surface area contributed by atoms with Crippen molar-refractivity contribution in [3.05, 3.63) is 0 Å². The molecule has 16 heavy (non-hydrogen) atoms. The Kier molecular flexibility index (Phi) is 3.50. The fraction of sp³-hybridized carbons (Fsp3) is 0.917. The zero-order chi connectivity index (χ0) is 11.6. The average Bonchev–Trinajstić information content (AvgIpc) is 2.70. The van der Waals surface area contributed by atoms with Crippen molar-refractivity contribution in [3.63, 3.8) is 0 Å². The van der Waals surface area contributed by atoms with Crippen LogP contribution in [0.15, 0.2) is 0 Å². The Labute approximate surface area is 96.0 Å². The highest BCUT2D eigenvalue weighted by Crippen LogP contribution is 2.30. The number of hydrogen-bond acceptors (Lipinski definition) is 3. The van der Waals surface area contributed by atoms with Gasteiger partial charge in [0.25, 0.3) is 5.91 Å². The lowest BCUT2D eigenvalue weighted by molar-refractivity contribution is -0.141. The highest BCUT2D eigenvalue weighted by Gasteiger charge is 2.40. The van der Waals surface area contributed by atoms with Gasteiger partial charge in [-0.05, 0) is 38.5 Å². The normalized spacial score (nSPS) is 33.6. The van der Waals surface area contributed by atoms with E-state index in [0.717, 1.165) is 38.5 Å². The molecule has 2 aliphatic rings. The van der Waals surface area contributed by atoms with E-state index >= 15 is 0 Å². The first-order chi connectivity index (χ1) is 7.62. The summed E-state index contributed by atoms with van der Waals surface area (Å²) < 4.78 is 0. The van der Waals surface area contributed by atoms with Crippen molar-refractivity contribution in [2.75, 3.05) is 0 Å². The molecule has 3 N–H and O–H groups in total. The minimum Gasteiger partial charge on any atom is -0.391 e. The fourth-order valence-corrected chi connectivity index (χ4v) is 2.77. The van der Waals surface area contributed by atoms with E-state index in [1.807, 2.05) is 0 Å². The summed E-state index contributed by atoms with van der Waals surface area (Å²) in [6.45, 7) is 0. The molecular formula is C12H21NO3. The maximum absolute atomic E-state index is 11.9. The summed E-state index contributed by atoms with van der Waals surface area (Å²) in [5, 5.41) is 22.6. The summed E-state index contributed by atoms with van der Waals surface area (Å²) in [6, 6.07) is -0.161. The molecule has 0 bridgehead atoms. The van der Waals surface area contributed by atoms with Crippen LogP contribution in [0, 0.1) is 0 Å². The van der Waals surface area contributed by atoms with Crippen LogP contribution in [0.2, 0.25) is 0 Å². The smallest absolute Gasteiger partial charge is 0.252 e. The average molecular weight is 227 g/mol. The molecule has 0 aromatic carbocycles. The summed E-state index contributed by atoms with van der Waals surface area (Å²) >= 11 is 0. The standard InChI is InChI=1S/C12H21NO3/c14-10-6-2-1-5-9(10)13-11(15)12(16)7-3-4-8-12/h9-10,14,16H,1-8H2,(H,13,15)/t9-,10+/m1/s1. The molecule has 2 aliphatic carbocycles. The van der Waals surface area contributed by atoms with Crippen LogP contribution in [0.5, 0.6) is 0 Å². The van der Waals surface area contributed by atoms with Gasteiger partial charge in [0, 0.05) is 0 Å². The molecule has 2 fully saturated rings. The van der Waals surface area contributed by atoms with E-state index in [1.54, 1.807) is 0 Å². The van der Waals surface area contributed by atoms with Crippen LogP contribution in [-0.4, -0.2) is 33.9 Å². The molecule has 0 aromatic rings. The van der Waals surface area contributed by atoms with Gasteiger partial charge in [-0.2, -0.15) is 0 Å². The van der Waals surface area contributed by atoms with E-state index < -0.39 is 11.7 Å². The Balaban J connectivity index is 1.90. The number of carbonyl (C=O) groups excluding carboxylic acids is 1. The second-order valence-corrected chi connectivity index (χ2v) is 5.17. The van der Waals surface area contributed by atoms with Crippen molar-refractivity contribution < 1.29 is 15.0 Å². The van der Waals surface area contributed by atoms with E-state index in [9.17, 15) is 15.0 Å². The second kappa shape index (κ2) is 4.72. The molecule has 2 saturated carbocycles. The number of hydrogen-bond donors (Lipinski definition) is 3. The molecule has 0 unspecified atom stereocenters. The number of aliphatic hydroxyl groups excluding tert-OH is 1. The Morgan fingerprint density at radius 3 is 2.38 bits per heavy atom. The van der Waals surface area contributed by atoms with Crippen LogP contribution in [0.1, 0.15) is 51.4 Å². The maximum Gasteiger partial charge on any atom is 0.252 e. The van der Waals surface area contributed by atoms with E-state index in [-0.39, 0.29) is 11.9 Å². The maximum atomic E-state index is 11.9.